The molecule has 1 amide bonds. The van der Waals surface area contributed by atoms with Gasteiger partial charge < -0.3 is 5.73 Å². The number of rotatable bonds is 7. The predicted octanol–water partition coefficient (Wildman–Crippen LogP) is 2.39. The molecule has 0 atom stereocenters. The first kappa shape index (κ1) is 11.2. The zero-order chi connectivity index (χ0) is 9.40. The Bertz CT molecular complexity index is 134. The number of carbonyl (C=O) groups is 1. The minimum atomic E-state index is -0.185. The first-order valence-corrected chi connectivity index (χ1v) is 4.55. The van der Waals surface area contributed by atoms with Crippen LogP contribution >= 0.6 is 0 Å². The van der Waals surface area contributed by atoms with Crippen molar-refractivity contribution in [1.29, 1.82) is 0 Å². The molecule has 12 heavy (non-hydrogen) atoms. The lowest BCUT2D eigenvalue weighted by Crippen LogP contribution is -2.09. The molecule has 0 aromatic carbocycles. The van der Waals surface area contributed by atoms with Gasteiger partial charge in [0, 0.05) is 6.42 Å². The van der Waals surface area contributed by atoms with E-state index in [-0.39, 0.29) is 5.91 Å². The fraction of sp³-hybridized carbons (Fsp3) is 0.700. The van der Waals surface area contributed by atoms with E-state index in [1.807, 2.05) is 6.92 Å². The second-order valence-corrected chi connectivity index (χ2v) is 3.34. The van der Waals surface area contributed by atoms with Crippen molar-refractivity contribution in [2.24, 2.45) is 5.73 Å². The van der Waals surface area contributed by atoms with E-state index < -0.39 is 0 Å². The number of amides is 1. The van der Waals surface area contributed by atoms with E-state index in [0.717, 1.165) is 19.3 Å². The van der Waals surface area contributed by atoms with Crippen molar-refractivity contribution in [3.8, 4) is 0 Å². The van der Waals surface area contributed by atoms with Crippen LogP contribution in [0, 0.1) is 0 Å². The summed E-state index contributed by atoms with van der Waals surface area (Å²) in [6.07, 6.45) is 6.06. The number of hydrogen-bond acceptors (Lipinski definition) is 1. The first-order chi connectivity index (χ1) is 5.63. The second kappa shape index (κ2) is 6.89. The van der Waals surface area contributed by atoms with Gasteiger partial charge in [0.1, 0.15) is 0 Å². The Morgan fingerprint density at radius 1 is 1.17 bits per heavy atom. The number of carbonyl (C=O) groups excluding carboxylic acids is 1. The molecular formula is C10H19NO. The van der Waals surface area contributed by atoms with E-state index in [9.17, 15) is 4.79 Å². The quantitative estimate of drug-likeness (QED) is 0.461. The minimum Gasteiger partial charge on any atom is -0.370 e. The van der Waals surface area contributed by atoms with Crippen LogP contribution in [-0.4, -0.2) is 5.91 Å². The summed E-state index contributed by atoms with van der Waals surface area (Å²) in [5.41, 5.74) is 6.24. The Balaban J connectivity index is 3.01. The third-order valence-electron chi connectivity index (χ3n) is 1.78. The highest BCUT2D eigenvalue weighted by molar-refractivity contribution is 5.73. The van der Waals surface area contributed by atoms with Crippen molar-refractivity contribution in [3.05, 3.63) is 12.2 Å². The summed E-state index contributed by atoms with van der Waals surface area (Å²) in [7, 11) is 0. The maximum atomic E-state index is 10.3. The Morgan fingerprint density at radius 2 is 1.67 bits per heavy atom. The van der Waals surface area contributed by atoms with Gasteiger partial charge in [0.05, 0.1) is 0 Å². The highest BCUT2D eigenvalue weighted by Crippen LogP contribution is 2.08. The molecule has 0 unspecified atom stereocenters. The fourth-order valence-corrected chi connectivity index (χ4v) is 1.08. The molecule has 0 radical (unpaired) electrons. The van der Waals surface area contributed by atoms with E-state index in [0.29, 0.717) is 6.42 Å². The van der Waals surface area contributed by atoms with E-state index in [1.54, 1.807) is 0 Å². The van der Waals surface area contributed by atoms with Crippen molar-refractivity contribution < 1.29 is 4.79 Å². The lowest BCUT2D eigenvalue weighted by atomic mass is 10.1. The average Bonchev–Trinajstić information content (AvgIpc) is 1.95. The van der Waals surface area contributed by atoms with Crippen LogP contribution in [-0.2, 0) is 4.79 Å². The first-order valence-electron chi connectivity index (χ1n) is 4.55. The van der Waals surface area contributed by atoms with Gasteiger partial charge in [-0.15, -0.1) is 6.58 Å². The molecule has 0 aromatic rings. The largest absolute Gasteiger partial charge is 0.370 e. The van der Waals surface area contributed by atoms with Gasteiger partial charge in [-0.3, -0.25) is 4.79 Å². The monoisotopic (exact) mass is 169 g/mol. The van der Waals surface area contributed by atoms with Crippen molar-refractivity contribution >= 4 is 5.91 Å². The summed E-state index contributed by atoms with van der Waals surface area (Å²) in [5, 5.41) is 0. The molecule has 2 heteroatoms. The van der Waals surface area contributed by atoms with Crippen molar-refractivity contribution in [2.45, 2.75) is 45.4 Å². The Morgan fingerprint density at radius 3 is 2.08 bits per heavy atom. The smallest absolute Gasteiger partial charge is 0.217 e. The number of primary amides is 1. The third-order valence-corrected chi connectivity index (χ3v) is 1.78. The Hall–Kier alpha value is -0.790. The zero-order valence-electron chi connectivity index (χ0n) is 7.94. The van der Waals surface area contributed by atoms with E-state index in [2.05, 4.69) is 6.58 Å². The second-order valence-electron chi connectivity index (χ2n) is 3.34. The summed E-state index contributed by atoms with van der Waals surface area (Å²) in [5.74, 6) is -0.185. The maximum absolute atomic E-state index is 10.3. The molecule has 0 aliphatic carbocycles. The third kappa shape index (κ3) is 9.21. The SMILES string of the molecule is C=C(C)CCCCCCC(N)=O. The molecule has 0 rings (SSSR count). The summed E-state index contributed by atoms with van der Waals surface area (Å²) in [4.78, 5) is 10.3. The zero-order valence-corrected chi connectivity index (χ0v) is 7.94. The number of nitrogens with two attached hydrogens (primary N) is 1. The van der Waals surface area contributed by atoms with Gasteiger partial charge >= 0.3 is 0 Å². The molecule has 70 valence electrons. The van der Waals surface area contributed by atoms with Crippen LogP contribution in [0.4, 0.5) is 0 Å². The van der Waals surface area contributed by atoms with E-state index in [1.165, 1.54) is 18.4 Å². The summed E-state index contributed by atoms with van der Waals surface area (Å²) in [6, 6.07) is 0. The van der Waals surface area contributed by atoms with Crippen LogP contribution in [0.1, 0.15) is 45.4 Å². The van der Waals surface area contributed by atoms with Crippen LogP contribution in [0.5, 0.6) is 0 Å². The van der Waals surface area contributed by atoms with Crippen LogP contribution < -0.4 is 5.73 Å². The summed E-state index contributed by atoms with van der Waals surface area (Å²) >= 11 is 0. The maximum Gasteiger partial charge on any atom is 0.217 e. The molecule has 2 N–H and O–H groups in total. The molecule has 0 aliphatic rings. The molecule has 0 fully saturated rings. The Labute approximate surface area is 74.8 Å². The van der Waals surface area contributed by atoms with Gasteiger partial charge in [0.15, 0.2) is 0 Å². The van der Waals surface area contributed by atoms with E-state index >= 15 is 0 Å². The van der Waals surface area contributed by atoms with Crippen LogP contribution in [0.25, 0.3) is 0 Å². The average molecular weight is 169 g/mol. The van der Waals surface area contributed by atoms with Gasteiger partial charge in [0.25, 0.3) is 0 Å². The standard InChI is InChI=1S/C10H19NO/c1-9(2)7-5-3-4-6-8-10(11)12/h1,3-8H2,2H3,(H2,11,12). The molecule has 0 saturated carbocycles. The highest BCUT2D eigenvalue weighted by Gasteiger charge is 1.94. The van der Waals surface area contributed by atoms with Gasteiger partial charge in [-0.1, -0.05) is 18.4 Å². The molecule has 0 bridgehead atoms. The molecule has 0 saturated heterocycles. The van der Waals surface area contributed by atoms with Crippen molar-refractivity contribution in [1.82, 2.24) is 0 Å². The molecule has 2 nitrogen and oxygen atoms in total. The topological polar surface area (TPSA) is 43.1 Å². The molecule has 0 heterocycles. The molecule has 0 aromatic heterocycles. The lowest BCUT2D eigenvalue weighted by Gasteiger charge is -1.99. The van der Waals surface area contributed by atoms with E-state index in [4.69, 9.17) is 5.73 Å². The summed E-state index contributed by atoms with van der Waals surface area (Å²) in [6.45, 7) is 5.87. The molecular weight excluding hydrogens is 150 g/mol. The van der Waals surface area contributed by atoms with Crippen molar-refractivity contribution in [2.75, 3.05) is 0 Å². The predicted molar refractivity (Wildman–Crippen MR) is 51.7 cm³/mol. The normalized spacial score (nSPS) is 9.75. The number of unbranched alkanes of at least 4 members (excludes halogenated alkanes) is 3. The fourth-order valence-electron chi connectivity index (χ4n) is 1.08. The van der Waals surface area contributed by atoms with Crippen LogP contribution in [0.3, 0.4) is 0 Å². The van der Waals surface area contributed by atoms with Crippen molar-refractivity contribution in [3.63, 3.8) is 0 Å². The van der Waals surface area contributed by atoms with Gasteiger partial charge in [-0.25, -0.2) is 0 Å². The van der Waals surface area contributed by atoms with Gasteiger partial charge in [-0.2, -0.15) is 0 Å². The lowest BCUT2D eigenvalue weighted by molar-refractivity contribution is -0.118. The molecule has 0 aliphatic heterocycles. The molecule has 0 spiro atoms. The number of hydrogen-bond donors (Lipinski definition) is 1. The minimum absolute atomic E-state index is 0.185. The van der Waals surface area contributed by atoms with Crippen LogP contribution in [0.15, 0.2) is 12.2 Å². The van der Waals surface area contributed by atoms with Gasteiger partial charge in [-0.05, 0) is 26.2 Å². The van der Waals surface area contributed by atoms with Gasteiger partial charge in [0.2, 0.25) is 5.91 Å². The number of allylic oxidation sites excluding steroid dienone is 1. The highest BCUT2D eigenvalue weighted by atomic mass is 16.1. The van der Waals surface area contributed by atoms with Crippen LogP contribution in [0.2, 0.25) is 0 Å². The Kier molecular flexibility index (Phi) is 6.44. The summed E-state index contributed by atoms with van der Waals surface area (Å²) < 4.78 is 0.